The summed E-state index contributed by atoms with van der Waals surface area (Å²) in [7, 11) is 0. The molecule has 0 saturated heterocycles. The van der Waals surface area contributed by atoms with Gasteiger partial charge in [0.05, 0.1) is 24.9 Å². The predicted octanol–water partition coefficient (Wildman–Crippen LogP) is 2.70. The van der Waals surface area contributed by atoms with Crippen LogP contribution in [0.1, 0.15) is 12.6 Å². The Hall–Kier alpha value is -2.28. The standard InChI is InChI=1S/C14H12FN3O2S/c1-2-20-13(19)5-10-8-21-14-17-12(7-18(10)14)11-4-3-9(15)6-16-11/h3-4,6-8H,2,5H2,1H3. The third-order valence-electron chi connectivity index (χ3n) is 2.90. The lowest BCUT2D eigenvalue weighted by Gasteiger charge is -2.00. The van der Waals surface area contributed by atoms with Crippen LogP contribution in [-0.4, -0.2) is 26.9 Å². The van der Waals surface area contributed by atoms with Crippen molar-refractivity contribution in [2.45, 2.75) is 13.3 Å². The summed E-state index contributed by atoms with van der Waals surface area (Å²) in [5, 5.41) is 1.88. The van der Waals surface area contributed by atoms with Crippen molar-refractivity contribution in [3.8, 4) is 11.4 Å². The molecule has 0 unspecified atom stereocenters. The molecule has 0 spiro atoms. The van der Waals surface area contributed by atoms with Gasteiger partial charge in [-0.15, -0.1) is 11.3 Å². The van der Waals surface area contributed by atoms with Crippen LogP contribution >= 0.6 is 11.3 Å². The van der Waals surface area contributed by atoms with Crippen molar-refractivity contribution in [1.29, 1.82) is 0 Å². The highest BCUT2D eigenvalue weighted by Crippen LogP contribution is 2.22. The first-order valence-electron chi connectivity index (χ1n) is 6.40. The molecular formula is C14H12FN3O2S. The molecule has 3 heterocycles. The molecule has 0 radical (unpaired) electrons. The lowest BCUT2D eigenvalue weighted by Crippen LogP contribution is -2.08. The van der Waals surface area contributed by atoms with Gasteiger partial charge in [0.2, 0.25) is 0 Å². The van der Waals surface area contributed by atoms with Crippen molar-refractivity contribution in [1.82, 2.24) is 14.4 Å². The Morgan fingerprint density at radius 3 is 3.00 bits per heavy atom. The maximum atomic E-state index is 12.9. The maximum Gasteiger partial charge on any atom is 0.311 e. The highest BCUT2D eigenvalue weighted by molar-refractivity contribution is 7.15. The van der Waals surface area contributed by atoms with Crippen LogP contribution in [-0.2, 0) is 16.0 Å². The molecule has 3 rings (SSSR count). The van der Waals surface area contributed by atoms with Crippen LogP contribution < -0.4 is 0 Å². The van der Waals surface area contributed by atoms with E-state index in [9.17, 15) is 9.18 Å². The van der Waals surface area contributed by atoms with Crippen LogP contribution in [0.5, 0.6) is 0 Å². The summed E-state index contributed by atoms with van der Waals surface area (Å²) in [6.07, 6.45) is 3.14. The molecule has 3 aromatic rings. The first-order valence-corrected chi connectivity index (χ1v) is 7.28. The molecule has 5 nitrogen and oxygen atoms in total. The first kappa shape index (κ1) is 13.7. The van der Waals surface area contributed by atoms with Crippen LogP contribution in [0.25, 0.3) is 16.3 Å². The summed E-state index contributed by atoms with van der Waals surface area (Å²) >= 11 is 1.43. The van der Waals surface area contributed by atoms with Gasteiger partial charge in [0.1, 0.15) is 11.5 Å². The number of imidazole rings is 1. The molecule has 21 heavy (non-hydrogen) atoms. The van der Waals surface area contributed by atoms with Crippen LogP contribution in [0.3, 0.4) is 0 Å². The number of carbonyl (C=O) groups excluding carboxylic acids is 1. The second-order valence-corrected chi connectivity index (χ2v) is 5.19. The Balaban J connectivity index is 1.92. The van der Waals surface area contributed by atoms with E-state index in [1.54, 1.807) is 19.2 Å². The van der Waals surface area contributed by atoms with Gasteiger partial charge in [-0.1, -0.05) is 0 Å². The molecule has 3 aromatic heterocycles. The number of hydrogen-bond acceptors (Lipinski definition) is 5. The molecule has 0 fully saturated rings. The molecule has 0 aliphatic carbocycles. The third-order valence-corrected chi connectivity index (χ3v) is 3.79. The SMILES string of the molecule is CCOC(=O)Cc1csc2nc(-c3ccc(F)cn3)cn12. The van der Waals surface area contributed by atoms with Gasteiger partial charge in [-0.05, 0) is 19.1 Å². The summed E-state index contributed by atoms with van der Waals surface area (Å²) in [6.45, 7) is 2.14. The molecule has 7 heteroatoms. The molecule has 0 bridgehead atoms. The van der Waals surface area contributed by atoms with Crippen LogP contribution in [0, 0.1) is 5.82 Å². The number of aromatic nitrogens is 3. The van der Waals surface area contributed by atoms with E-state index in [1.807, 2.05) is 9.78 Å². The van der Waals surface area contributed by atoms with E-state index in [2.05, 4.69) is 9.97 Å². The maximum absolute atomic E-state index is 12.9. The number of nitrogens with zero attached hydrogens (tertiary/aromatic N) is 3. The summed E-state index contributed by atoms with van der Waals surface area (Å²) in [5.74, 6) is -0.657. The number of hydrogen-bond donors (Lipinski definition) is 0. The Labute approximate surface area is 124 Å². The van der Waals surface area contributed by atoms with E-state index in [0.717, 1.165) is 16.9 Å². The van der Waals surface area contributed by atoms with Gasteiger partial charge >= 0.3 is 5.97 Å². The fourth-order valence-corrected chi connectivity index (χ4v) is 2.84. The number of rotatable bonds is 4. The summed E-state index contributed by atoms with van der Waals surface area (Å²) in [6, 6.07) is 2.92. The summed E-state index contributed by atoms with van der Waals surface area (Å²) < 4.78 is 19.7. The number of esters is 1. The van der Waals surface area contributed by atoms with Gasteiger partial charge in [0.15, 0.2) is 4.96 Å². The molecule has 0 aliphatic rings. The zero-order valence-electron chi connectivity index (χ0n) is 11.2. The largest absolute Gasteiger partial charge is 0.466 e. The lowest BCUT2D eigenvalue weighted by atomic mass is 10.3. The van der Waals surface area contributed by atoms with E-state index in [-0.39, 0.29) is 18.2 Å². The minimum absolute atomic E-state index is 0.195. The van der Waals surface area contributed by atoms with Gasteiger partial charge in [-0.25, -0.2) is 9.37 Å². The van der Waals surface area contributed by atoms with E-state index < -0.39 is 0 Å². The number of fused-ring (bicyclic) bond motifs is 1. The van der Waals surface area contributed by atoms with Gasteiger partial charge < -0.3 is 4.74 Å². The lowest BCUT2D eigenvalue weighted by molar-refractivity contribution is -0.142. The molecule has 0 aliphatic heterocycles. The second kappa shape index (κ2) is 5.61. The quantitative estimate of drug-likeness (QED) is 0.695. The molecule has 0 N–H and O–H groups in total. The van der Waals surface area contributed by atoms with Gasteiger partial charge in [0, 0.05) is 17.3 Å². The Kier molecular flexibility index (Phi) is 3.66. The summed E-state index contributed by atoms with van der Waals surface area (Å²) in [4.78, 5) is 20.8. The van der Waals surface area contributed by atoms with Crippen LogP contribution in [0.4, 0.5) is 4.39 Å². The molecule has 0 atom stereocenters. The molecular weight excluding hydrogens is 293 g/mol. The van der Waals surface area contributed by atoms with Crippen molar-refractivity contribution in [3.63, 3.8) is 0 Å². The Morgan fingerprint density at radius 1 is 1.43 bits per heavy atom. The molecule has 0 amide bonds. The van der Waals surface area contributed by atoms with E-state index in [0.29, 0.717) is 18.0 Å². The summed E-state index contributed by atoms with van der Waals surface area (Å²) in [5.41, 5.74) is 2.05. The Bertz CT molecular complexity index is 779. The monoisotopic (exact) mass is 305 g/mol. The van der Waals surface area contributed by atoms with E-state index in [1.165, 1.54) is 17.4 Å². The highest BCUT2D eigenvalue weighted by Gasteiger charge is 2.13. The molecule has 0 aromatic carbocycles. The van der Waals surface area contributed by atoms with Crippen molar-refractivity contribution in [2.75, 3.05) is 6.61 Å². The Morgan fingerprint density at radius 2 is 2.29 bits per heavy atom. The number of pyridine rings is 1. The average molecular weight is 305 g/mol. The highest BCUT2D eigenvalue weighted by atomic mass is 32.1. The molecule has 108 valence electrons. The predicted molar refractivity (Wildman–Crippen MR) is 76.6 cm³/mol. The van der Waals surface area contributed by atoms with Crippen molar-refractivity contribution < 1.29 is 13.9 Å². The minimum atomic E-state index is -0.386. The first-order chi connectivity index (χ1) is 10.2. The average Bonchev–Trinajstić information content (AvgIpc) is 3.02. The van der Waals surface area contributed by atoms with E-state index >= 15 is 0 Å². The fraction of sp³-hybridized carbons (Fsp3) is 0.214. The normalized spacial score (nSPS) is 11.0. The van der Waals surface area contributed by atoms with Gasteiger partial charge in [0.25, 0.3) is 0 Å². The van der Waals surface area contributed by atoms with Crippen LogP contribution in [0.15, 0.2) is 29.9 Å². The van der Waals surface area contributed by atoms with Gasteiger partial charge in [-0.3, -0.25) is 14.2 Å². The zero-order chi connectivity index (χ0) is 14.8. The fourth-order valence-electron chi connectivity index (χ4n) is 1.97. The second-order valence-electron chi connectivity index (χ2n) is 4.35. The molecule has 0 saturated carbocycles. The number of halogens is 1. The number of carbonyl (C=O) groups is 1. The number of ether oxygens (including phenoxy) is 1. The van der Waals surface area contributed by atoms with Gasteiger partial charge in [-0.2, -0.15) is 0 Å². The smallest absolute Gasteiger partial charge is 0.311 e. The number of thiazole rings is 1. The zero-order valence-corrected chi connectivity index (χ0v) is 12.1. The topological polar surface area (TPSA) is 56.5 Å². The minimum Gasteiger partial charge on any atom is -0.466 e. The van der Waals surface area contributed by atoms with Crippen molar-refractivity contribution in [2.24, 2.45) is 0 Å². The van der Waals surface area contributed by atoms with Crippen LogP contribution in [0.2, 0.25) is 0 Å². The van der Waals surface area contributed by atoms with E-state index in [4.69, 9.17) is 4.74 Å². The third kappa shape index (κ3) is 2.78. The van der Waals surface area contributed by atoms with Crippen molar-refractivity contribution >= 4 is 22.3 Å². The van der Waals surface area contributed by atoms with Crippen molar-refractivity contribution in [3.05, 3.63) is 41.4 Å².